The molecule has 8 unspecified atom stereocenters. The lowest BCUT2D eigenvalue weighted by Crippen LogP contribution is -2.67. The SMILES string of the molecule is COc1ccc(CC(=O)N(Cc2ccccc2)CC2(O)CCC3C45C=CC6(C=C4C(=O)C4CCCCC4)CC(O)CCC6(C)C5CCC32C)cc1OC. The molecule has 9 rings (SSSR count). The van der Waals surface area contributed by atoms with Crippen LogP contribution in [0.25, 0.3) is 0 Å². The molecule has 4 saturated carbocycles. The number of hydrogen-bond donors (Lipinski definition) is 2. The van der Waals surface area contributed by atoms with E-state index in [1.165, 1.54) is 6.42 Å². The topological polar surface area (TPSA) is 96.3 Å². The molecule has 53 heavy (non-hydrogen) atoms. The molecule has 7 aliphatic carbocycles. The normalized spacial score (nSPS) is 37.2. The predicted molar refractivity (Wildman–Crippen MR) is 205 cm³/mol. The largest absolute Gasteiger partial charge is 0.493 e. The van der Waals surface area contributed by atoms with Gasteiger partial charge in [-0.25, -0.2) is 0 Å². The molecule has 2 N–H and O–H groups in total. The van der Waals surface area contributed by atoms with Crippen LogP contribution in [0.15, 0.2) is 72.3 Å². The molecule has 0 heterocycles. The molecule has 284 valence electrons. The van der Waals surface area contributed by atoms with Crippen molar-refractivity contribution in [3.63, 3.8) is 0 Å². The third kappa shape index (κ3) is 5.57. The summed E-state index contributed by atoms with van der Waals surface area (Å²) in [5, 5.41) is 24.2. The number of methoxy groups -OCH3 is 2. The van der Waals surface area contributed by atoms with E-state index in [1.54, 1.807) is 14.2 Å². The fourth-order valence-electron chi connectivity index (χ4n) is 12.8. The molecule has 0 radical (unpaired) electrons. The van der Waals surface area contributed by atoms with E-state index in [1.807, 2.05) is 53.4 Å². The van der Waals surface area contributed by atoms with Gasteiger partial charge in [0.1, 0.15) is 0 Å². The van der Waals surface area contributed by atoms with Gasteiger partial charge >= 0.3 is 0 Å². The Bertz CT molecular complexity index is 1800. The number of ether oxygens (including phenoxy) is 2. The molecule has 7 aliphatic rings. The molecule has 0 aliphatic heterocycles. The highest BCUT2D eigenvalue weighted by atomic mass is 16.5. The van der Waals surface area contributed by atoms with E-state index in [2.05, 4.69) is 32.1 Å². The Kier molecular flexibility index (Phi) is 9.24. The van der Waals surface area contributed by atoms with Gasteiger partial charge in [0, 0.05) is 34.3 Å². The van der Waals surface area contributed by atoms with Gasteiger partial charge in [-0.1, -0.05) is 87.7 Å². The van der Waals surface area contributed by atoms with E-state index < -0.39 is 16.4 Å². The molecule has 4 fully saturated rings. The number of benzene rings is 2. The minimum Gasteiger partial charge on any atom is -0.493 e. The molecular formula is C46H59NO6. The van der Waals surface area contributed by atoms with Crippen molar-refractivity contribution in [2.45, 2.75) is 116 Å². The highest BCUT2D eigenvalue weighted by molar-refractivity contribution is 6.00. The number of hydrogen-bond acceptors (Lipinski definition) is 6. The number of fused-ring (bicyclic) bond motifs is 1. The van der Waals surface area contributed by atoms with Gasteiger partial charge in [-0.15, -0.1) is 0 Å². The molecule has 0 saturated heterocycles. The fraction of sp³-hybridized carbons (Fsp3) is 0.609. The number of carbonyl (C=O) groups excluding carboxylic acids is 2. The van der Waals surface area contributed by atoms with Crippen LogP contribution in [0.3, 0.4) is 0 Å². The summed E-state index contributed by atoms with van der Waals surface area (Å²) in [7, 11) is 3.20. The molecule has 2 bridgehead atoms. The van der Waals surface area contributed by atoms with Crippen molar-refractivity contribution in [2.75, 3.05) is 20.8 Å². The Balaban J connectivity index is 1.16. The van der Waals surface area contributed by atoms with Crippen molar-refractivity contribution < 1.29 is 29.3 Å². The van der Waals surface area contributed by atoms with Gasteiger partial charge in [0.2, 0.25) is 5.91 Å². The lowest BCUT2D eigenvalue weighted by molar-refractivity contribution is -0.181. The second-order valence-electron chi connectivity index (χ2n) is 18.1. The highest BCUT2D eigenvalue weighted by Gasteiger charge is 2.74. The Morgan fingerprint density at radius 2 is 1.51 bits per heavy atom. The molecule has 2 aromatic carbocycles. The zero-order valence-electron chi connectivity index (χ0n) is 32.2. The van der Waals surface area contributed by atoms with E-state index in [0.717, 1.165) is 74.5 Å². The standard InChI is InChI=1S/C46H59NO6/c1-42-20-17-34(48)27-44(42)23-24-46(35(28-44)41(50)33-13-9-6-10-14-33)38(42)18-21-43(2)39(46)19-22-45(43,51)30-47(29-31-11-7-5-8-12-31)40(49)26-32-15-16-36(52-3)37(25-32)53-4/h5,7-8,11-12,15-16,23-25,28,33-34,38-39,48,51H,6,9-10,13-14,17-22,26-27,29-30H2,1-4H3. The molecule has 8 atom stereocenters. The Hall–Kier alpha value is -3.42. The lowest BCUT2D eigenvalue weighted by Gasteiger charge is -2.71. The summed E-state index contributed by atoms with van der Waals surface area (Å²) in [4.78, 5) is 31.2. The van der Waals surface area contributed by atoms with Crippen molar-refractivity contribution in [1.82, 2.24) is 4.90 Å². The smallest absolute Gasteiger partial charge is 0.227 e. The number of ketones is 1. The first-order valence-corrected chi connectivity index (χ1v) is 20.3. The van der Waals surface area contributed by atoms with Crippen molar-refractivity contribution >= 4 is 11.7 Å². The van der Waals surface area contributed by atoms with Crippen LogP contribution in [-0.4, -0.2) is 59.3 Å². The predicted octanol–water partition coefficient (Wildman–Crippen LogP) is 8.02. The first-order chi connectivity index (χ1) is 25.4. The molecular weight excluding hydrogens is 663 g/mol. The highest BCUT2D eigenvalue weighted by Crippen LogP contribution is 2.78. The van der Waals surface area contributed by atoms with Gasteiger partial charge in [-0.3, -0.25) is 9.59 Å². The van der Waals surface area contributed by atoms with E-state index in [4.69, 9.17) is 9.47 Å². The maximum atomic E-state index is 14.9. The maximum Gasteiger partial charge on any atom is 0.227 e. The quantitative estimate of drug-likeness (QED) is 0.242. The average Bonchev–Trinajstić information content (AvgIpc) is 3.44. The molecule has 7 nitrogen and oxygen atoms in total. The molecule has 7 heteroatoms. The minimum absolute atomic E-state index is 0.0465. The number of allylic oxidation sites excluding steroid dienone is 4. The van der Waals surface area contributed by atoms with E-state index in [9.17, 15) is 19.8 Å². The van der Waals surface area contributed by atoms with Gasteiger partial charge < -0.3 is 24.6 Å². The number of nitrogens with zero attached hydrogens (tertiary/aromatic N) is 1. The van der Waals surface area contributed by atoms with Crippen LogP contribution in [0, 0.1) is 39.4 Å². The first kappa shape index (κ1) is 36.6. The van der Waals surface area contributed by atoms with Gasteiger partial charge in [0.25, 0.3) is 0 Å². The number of aliphatic hydroxyl groups excluding tert-OH is 1. The second-order valence-corrected chi connectivity index (χ2v) is 18.1. The van der Waals surface area contributed by atoms with Crippen molar-refractivity contribution in [1.29, 1.82) is 0 Å². The summed E-state index contributed by atoms with van der Waals surface area (Å²) < 4.78 is 11.0. The van der Waals surface area contributed by atoms with E-state index >= 15 is 0 Å². The summed E-state index contributed by atoms with van der Waals surface area (Å²) in [6.45, 7) is 5.35. The monoisotopic (exact) mass is 721 g/mol. The third-order valence-electron chi connectivity index (χ3n) is 15.8. The molecule has 2 aromatic rings. The van der Waals surface area contributed by atoms with Crippen LogP contribution >= 0.6 is 0 Å². The lowest BCUT2D eigenvalue weighted by atomic mass is 9.32. The molecule has 0 aromatic heterocycles. The maximum absolute atomic E-state index is 14.9. The van der Waals surface area contributed by atoms with Gasteiger partial charge in [-0.2, -0.15) is 0 Å². The summed E-state index contributed by atoms with van der Waals surface area (Å²) in [6.07, 6.45) is 17.9. The van der Waals surface area contributed by atoms with Gasteiger partial charge in [0.05, 0.1) is 38.9 Å². The van der Waals surface area contributed by atoms with E-state index in [-0.39, 0.29) is 53.6 Å². The zero-order chi connectivity index (χ0) is 37.2. The Morgan fingerprint density at radius 3 is 2.25 bits per heavy atom. The summed E-state index contributed by atoms with van der Waals surface area (Å²) in [5.74, 6) is 1.87. The fourth-order valence-corrected chi connectivity index (χ4v) is 12.8. The van der Waals surface area contributed by atoms with Crippen molar-refractivity contribution in [3.05, 3.63) is 83.5 Å². The van der Waals surface area contributed by atoms with Crippen LogP contribution in [0.2, 0.25) is 0 Å². The Labute approximate surface area is 315 Å². The minimum atomic E-state index is -1.14. The average molecular weight is 722 g/mol. The number of carbonyl (C=O) groups is 2. The van der Waals surface area contributed by atoms with Crippen LogP contribution in [-0.2, 0) is 22.6 Å². The first-order valence-electron chi connectivity index (χ1n) is 20.3. The summed E-state index contributed by atoms with van der Waals surface area (Å²) in [5.41, 5.74) is 0.354. The number of aliphatic hydroxyl groups is 2. The third-order valence-corrected chi connectivity index (χ3v) is 15.8. The zero-order valence-corrected chi connectivity index (χ0v) is 32.2. The Morgan fingerprint density at radius 1 is 0.811 bits per heavy atom. The van der Waals surface area contributed by atoms with Crippen molar-refractivity contribution in [3.8, 4) is 11.5 Å². The number of Topliss-reactive ketones (excluding diaryl/α,β-unsaturated/α-hetero) is 1. The molecule has 1 amide bonds. The molecule has 2 spiro atoms. The second kappa shape index (κ2) is 13.4. The number of rotatable bonds is 10. The number of amides is 1. The van der Waals surface area contributed by atoms with Gasteiger partial charge in [-0.05, 0) is 98.3 Å². The van der Waals surface area contributed by atoms with E-state index in [0.29, 0.717) is 36.7 Å². The van der Waals surface area contributed by atoms with Gasteiger partial charge in [0.15, 0.2) is 17.3 Å². The van der Waals surface area contributed by atoms with Crippen LogP contribution in [0.1, 0.15) is 102 Å². The summed E-state index contributed by atoms with van der Waals surface area (Å²) >= 11 is 0. The van der Waals surface area contributed by atoms with Crippen LogP contribution < -0.4 is 9.47 Å². The van der Waals surface area contributed by atoms with Crippen molar-refractivity contribution in [2.24, 2.45) is 39.4 Å². The van der Waals surface area contributed by atoms with Crippen LogP contribution in [0.4, 0.5) is 0 Å². The van der Waals surface area contributed by atoms with Crippen LogP contribution in [0.5, 0.6) is 11.5 Å². The summed E-state index contributed by atoms with van der Waals surface area (Å²) in [6, 6.07) is 15.7.